The molecule has 1 aromatic heterocycles. The summed E-state index contributed by atoms with van der Waals surface area (Å²) in [4.78, 5) is 16.8. The van der Waals surface area contributed by atoms with Crippen LogP contribution in [0.3, 0.4) is 0 Å². The summed E-state index contributed by atoms with van der Waals surface area (Å²) in [5.74, 6) is 0.845. The molecule has 1 aromatic carbocycles. The monoisotopic (exact) mass is 436 g/mol. The lowest BCUT2D eigenvalue weighted by Gasteiger charge is -2.55. The van der Waals surface area contributed by atoms with Gasteiger partial charge in [-0.2, -0.15) is 5.10 Å². The molecule has 0 radical (unpaired) electrons. The first-order chi connectivity index (χ1) is 15.2. The van der Waals surface area contributed by atoms with E-state index < -0.39 is 11.0 Å². The molecule has 0 bridgehead atoms. The van der Waals surface area contributed by atoms with Crippen molar-refractivity contribution in [1.82, 2.24) is 15.1 Å². The summed E-state index contributed by atoms with van der Waals surface area (Å²) in [5, 5.41) is 20.8. The number of fused-ring (bicyclic) bond motifs is 1. The van der Waals surface area contributed by atoms with Crippen molar-refractivity contribution in [2.24, 2.45) is 11.3 Å². The summed E-state index contributed by atoms with van der Waals surface area (Å²) >= 11 is 0. The van der Waals surface area contributed by atoms with Gasteiger partial charge >= 0.3 is 0 Å². The number of benzene rings is 1. The number of anilines is 1. The lowest BCUT2D eigenvalue weighted by molar-refractivity contribution is -0.127. The minimum Gasteiger partial charge on any atom is -0.380 e. The average molecular weight is 437 g/mol. The van der Waals surface area contributed by atoms with E-state index in [1.165, 1.54) is 5.56 Å². The zero-order chi connectivity index (χ0) is 22.7. The van der Waals surface area contributed by atoms with Crippen LogP contribution >= 0.6 is 0 Å². The number of ether oxygens (including phenoxy) is 1. The van der Waals surface area contributed by atoms with E-state index in [-0.39, 0.29) is 17.9 Å². The molecule has 1 amide bonds. The van der Waals surface area contributed by atoms with Crippen molar-refractivity contribution >= 4 is 11.7 Å². The number of amides is 1. The fourth-order valence-corrected chi connectivity index (χ4v) is 5.82. The van der Waals surface area contributed by atoms with Crippen LogP contribution in [0.25, 0.3) is 0 Å². The van der Waals surface area contributed by atoms with E-state index in [0.29, 0.717) is 30.5 Å². The van der Waals surface area contributed by atoms with Gasteiger partial charge in [0.2, 0.25) is 5.91 Å². The number of hydrogen-bond acceptors (Lipinski definition) is 6. The largest absolute Gasteiger partial charge is 0.380 e. The van der Waals surface area contributed by atoms with Crippen molar-refractivity contribution in [3.05, 3.63) is 53.2 Å². The summed E-state index contributed by atoms with van der Waals surface area (Å²) in [6, 6.07) is 10.1. The Morgan fingerprint density at radius 2 is 1.94 bits per heavy atom. The van der Waals surface area contributed by atoms with E-state index in [1.807, 2.05) is 18.2 Å². The van der Waals surface area contributed by atoms with Crippen molar-refractivity contribution in [1.29, 1.82) is 0 Å². The average Bonchev–Trinajstić information content (AvgIpc) is 3.35. The molecule has 0 saturated carbocycles. The number of likely N-dealkylation sites (tertiary alicyclic amines) is 1. The molecule has 5 rings (SSSR count). The Hall–Kier alpha value is -2.35. The van der Waals surface area contributed by atoms with E-state index in [4.69, 9.17) is 4.74 Å². The van der Waals surface area contributed by atoms with Gasteiger partial charge in [0.05, 0.1) is 24.8 Å². The van der Waals surface area contributed by atoms with Crippen LogP contribution in [0.5, 0.6) is 0 Å². The molecule has 7 heteroatoms. The lowest BCUT2D eigenvalue weighted by atomic mass is 9.62. The molecule has 0 spiro atoms. The molecular weight excluding hydrogens is 404 g/mol. The van der Waals surface area contributed by atoms with Gasteiger partial charge in [0.25, 0.3) is 0 Å². The molecule has 4 heterocycles. The second kappa shape index (κ2) is 7.61. The maximum atomic E-state index is 12.9. The summed E-state index contributed by atoms with van der Waals surface area (Å²) in [5.41, 5.74) is 1.09. The van der Waals surface area contributed by atoms with Crippen molar-refractivity contribution in [3.63, 3.8) is 0 Å². The van der Waals surface area contributed by atoms with Gasteiger partial charge in [-0.3, -0.25) is 9.69 Å². The lowest BCUT2D eigenvalue weighted by Crippen LogP contribution is -2.63. The minimum absolute atomic E-state index is 0.0402. The molecule has 3 atom stereocenters. The highest BCUT2D eigenvalue weighted by molar-refractivity contribution is 5.97. The first kappa shape index (κ1) is 21.5. The van der Waals surface area contributed by atoms with Crippen LogP contribution in [0.2, 0.25) is 0 Å². The second-order valence-electron chi connectivity index (χ2n) is 10.3. The predicted octanol–water partition coefficient (Wildman–Crippen LogP) is 2.54. The smallest absolute Gasteiger partial charge is 0.234 e. The number of nitrogens with zero attached hydrogens (tertiary/aromatic N) is 4. The molecule has 32 heavy (non-hydrogen) atoms. The second-order valence-corrected chi connectivity index (χ2v) is 10.3. The third kappa shape index (κ3) is 3.17. The van der Waals surface area contributed by atoms with Gasteiger partial charge in [-0.05, 0) is 36.6 Å². The molecule has 170 valence electrons. The number of carbonyl (C=O) groups is 1. The molecule has 3 unspecified atom stereocenters. The first-order valence-electron chi connectivity index (χ1n) is 11.5. The van der Waals surface area contributed by atoms with Crippen molar-refractivity contribution in [2.45, 2.75) is 44.8 Å². The first-order valence-corrected chi connectivity index (χ1v) is 11.5. The molecule has 7 nitrogen and oxygen atoms in total. The number of rotatable bonds is 5. The molecule has 3 fully saturated rings. The number of hydrogen-bond donors (Lipinski definition) is 1. The SMILES string of the molecule is CC(C)c1ccc(C(O)(c2cnnc(N3CC4OCCC4C3=O)c2)C2(C)CN(C)C2)cc1. The van der Waals surface area contributed by atoms with E-state index in [0.717, 1.165) is 25.1 Å². The highest BCUT2D eigenvalue weighted by Crippen LogP contribution is 2.50. The Morgan fingerprint density at radius 3 is 2.56 bits per heavy atom. The van der Waals surface area contributed by atoms with Gasteiger partial charge in [-0.1, -0.05) is 45.0 Å². The van der Waals surface area contributed by atoms with Crippen LogP contribution < -0.4 is 4.90 Å². The topological polar surface area (TPSA) is 78.8 Å². The number of aromatic nitrogens is 2. The van der Waals surface area contributed by atoms with Gasteiger partial charge < -0.3 is 14.7 Å². The Morgan fingerprint density at radius 1 is 1.22 bits per heavy atom. The fourth-order valence-electron chi connectivity index (χ4n) is 5.82. The maximum absolute atomic E-state index is 12.9. The molecule has 3 aliphatic rings. The molecule has 3 saturated heterocycles. The Kier molecular flexibility index (Phi) is 5.11. The summed E-state index contributed by atoms with van der Waals surface area (Å²) < 4.78 is 5.72. The predicted molar refractivity (Wildman–Crippen MR) is 121 cm³/mol. The molecular formula is C25H32N4O3. The van der Waals surface area contributed by atoms with Gasteiger partial charge in [0.15, 0.2) is 5.82 Å². The minimum atomic E-state index is -1.26. The van der Waals surface area contributed by atoms with Gasteiger partial charge in [0, 0.05) is 30.7 Å². The van der Waals surface area contributed by atoms with E-state index in [2.05, 4.69) is 55.0 Å². The third-order valence-electron chi connectivity index (χ3n) is 7.60. The van der Waals surface area contributed by atoms with E-state index >= 15 is 0 Å². The van der Waals surface area contributed by atoms with Crippen molar-refractivity contribution in [2.75, 3.05) is 38.2 Å². The summed E-state index contributed by atoms with van der Waals surface area (Å²) in [6.07, 6.45) is 2.32. The summed E-state index contributed by atoms with van der Waals surface area (Å²) in [7, 11) is 2.06. The maximum Gasteiger partial charge on any atom is 0.234 e. The number of aliphatic hydroxyl groups is 1. The van der Waals surface area contributed by atoms with Crippen LogP contribution in [0.4, 0.5) is 5.82 Å². The third-order valence-corrected chi connectivity index (χ3v) is 7.60. The Bertz CT molecular complexity index is 1020. The van der Waals surface area contributed by atoms with Crippen LogP contribution in [0.1, 0.15) is 49.8 Å². The van der Waals surface area contributed by atoms with E-state index in [1.54, 1.807) is 11.1 Å². The van der Waals surface area contributed by atoms with Crippen molar-refractivity contribution < 1.29 is 14.6 Å². The van der Waals surface area contributed by atoms with Crippen LogP contribution in [0, 0.1) is 11.3 Å². The van der Waals surface area contributed by atoms with Crippen molar-refractivity contribution in [3.8, 4) is 0 Å². The standard InChI is InChI=1S/C25H32N4O3/c1-16(2)17-5-7-18(8-6-17)25(31,24(3)14-28(4)15-24)19-11-22(27-26-12-19)29-13-21-20(23(29)30)9-10-32-21/h5-8,11-12,16,20-21,31H,9-10,13-15H2,1-4H3. The highest BCUT2D eigenvalue weighted by atomic mass is 16.5. The summed E-state index contributed by atoms with van der Waals surface area (Å²) in [6.45, 7) is 9.08. The van der Waals surface area contributed by atoms with Gasteiger partial charge in [-0.15, -0.1) is 5.10 Å². The van der Waals surface area contributed by atoms with E-state index in [9.17, 15) is 9.90 Å². The number of carbonyl (C=O) groups excluding carboxylic acids is 1. The Labute approximate surface area is 189 Å². The molecule has 1 N–H and O–H groups in total. The molecule has 3 aliphatic heterocycles. The molecule has 0 aliphatic carbocycles. The Balaban J connectivity index is 1.55. The van der Waals surface area contributed by atoms with Crippen LogP contribution in [0.15, 0.2) is 36.5 Å². The highest BCUT2D eigenvalue weighted by Gasteiger charge is 2.55. The van der Waals surface area contributed by atoms with Crippen LogP contribution in [-0.2, 0) is 15.1 Å². The zero-order valence-corrected chi connectivity index (χ0v) is 19.3. The molecule has 2 aromatic rings. The fraction of sp³-hybridized carbons (Fsp3) is 0.560. The van der Waals surface area contributed by atoms with Crippen LogP contribution in [-0.4, -0.2) is 65.5 Å². The normalized spacial score (nSPS) is 26.8. The van der Waals surface area contributed by atoms with Gasteiger partial charge in [0.1, 0.15) is 5.60 Å². The van der Waals surface area contributed by atoms with Gasteiger partial charge in [-0.25, -0.2) is 0 Å². The zero-order valence-electron chi connectivity index (χ0n) is 19.3. The quantitative estimate of drug-likeness (QED) is 0.776.